The van der Waals surface area contributed by atoms with Crippen molar-refractivity contribution in [1.82, 2.24) is 5.32 Å². The van der Waals surface area contributed by atoms with Crippen molar-refractivity contribution in [1.29, 1.82) is 0 Å². The average molecular weight is 928 g/mol. The summed E-state index contributed by atoms with van der Waals surface area (Å²) in [6.45, 7) is 3.38. The zero-order valence-corrected chi connectivity index (χ0v) is 41.1. The van der Waals surface area contributed by atoms with E-state index in [2.05, 4.69) is 158 Å². The van der Waals surface area contributed by atoms with Gasteiger partial charge in [0.25, 0.3) is 0 Å². The predicted octanol–water partition coefficient (Wildman–Crippen LogP) is 11.7. The van der Waals surface area contributed by atoms with Crippen LogP contribution in [0, 0.1) is 0 Å². The third-order valence-corrected chi connectivity index (χ3v) is 10.6. The number of carbonyl (C=O) groups is 1. The van der Waals surface area contributed by atoms with Crippen LogP contribution in [0.1, 0.15) is 142 Å². The number of amides is 1. The van der Waals surface area contributed by atoms with Gasteiger partial charge in [0.1, 0.15) is 24.4 Å². The number of ether oxygens (including phenoxy) is 2. The lowest BCUT2D eigenvalue weighted by atomic mass is 9.99. The van der Waals surface area contributed by atoms with Crippen LogP contribution in [0.3, 0.4) is 0 Å². The van der Waals surface area contributed by atoms with Crippen molar-refractivity contribution in [3.8, 4) is 0 Å². The standard InChI is InChI=1S/C58H89NO8/c1-3-5-7-8-9-10-11-12-13-14-15-16-17-18-19-20-21-22-23-24-25-26-27-28-29-30-31-32-33-34-35-36-37-38-39-40-41-42-43-44-46-48-54(62)59-51(52(61)47-45-6-4-2)50-66-58-57(65)56(64)55(63)53(49-60)67-58/h5,7,9-10,12-13,15-16,18-19,21-22,24-25,27-28,30-31,33-34,36-37,39-40,45,47,51-53,55-58,60-61,63-65H,3-4,6,8,11,14,17,20,23,26,29,32,35,38,41-44,46,48-50H2,1-2H3,(H,59,62)/b7-5-,10-9-,13-12-,16-15-,19-18-,22-21-,25-24-,28-27-,31-30-,34-33-,37-36-,40-39-,47-45+. The van der Waals surface area contributed by atoms with Gasteiger partial charge in [0.2, 0.25) is 5.91 Å². The molecular weight excluding hydrogens is 839 g/mol. The molecule has 0 aromatic carbocycles. The summed E-state index contributed by atoms with van der Waals surface area (Å²) in [4.78, 5) is 12.8. The lowest BCUT2D eigenvalue weighted by molar-refractivity contribution is -0.302. The van der Waals surface area contributed by atoms with E-state index in [4.69, 9.17) is 9.47 Å². The molecule has 1 heterocycles. The van der Waals surface area contributed by atoms with E-state index in [0.29, 0.717) is 12.8 Å². The molecule has 0 bridgehead atoms. The van der Waals surface area contributed by atoms with Gasteiger partial charge >= 0.3 is 0 Å². The molecule has 9 heteroatoms. The quantitative estimate of drug-likeness (QED) is 0.0264. The van der Waals surface area contributed by atoms with Crippen LogP contribution >= 0.6 is 0 Å². The molecule has 1 amide bonds. The number of carbonyl (C=O) groups excluding carboxylic acids is 1. The highest BCUT2D eigenvalue weighted by molar-refractivity contribution is 5.76. The SMILES string of the molecule is CC/C=C\C/C=C\C/C=C\C/C=C\C/C=C\C/C=C\C/C=C\C/C=C\C/C=C\C/C=C\C/C=C\C/C=C\CCCCCCC(=O)NC(COC1OC(CO)C(O)C(O)C1O)C(O)/C=C/CCC. The first-order valence-electron chi connectivity index (χ1n) is 25.2. The Morgan fingerprint density at radius 3 is 1.33 bits per heavy atom. The summed E-state index contributed by atoms with van der Waals surface area (Å²) >= 11 is 0. The van der Waals surface area contributed by atoms with E-state index >= 15 is 0 Å². The lowest BCUT2D eigenvalue weighted by Gasteiger charge is -2.40. The van der Waals surface area contributed by atoms with Gasteiger partial charge in [0, 0.05) is 6.42 Å². The van der Waals surface area contributed by atoms with Crippen molar-refractivity contribution >= 4 is 5.91 Å². The van der Waals surface area contributed by atoms with Gasteiger partial charge in [-0.1, -0.05) is 191 Å². The molecule has 1 rings (SSSR count). The zero-order chi connectivity index (χ0) is 48.7. The minimum absolute atomic E-state index is 0.215. The summed E-state index contributed by atoms with van der Waals surface area (Å²) in [5.74, 6) is -0.223. The molecule has 0 aromatic heterocycles. The van der Waals surface area contributed by atoms with Crippen molar-refractivity contribution in [2.24, 2.45) is 0 Å². The maximum Gasteiger partial charge on any atom is 0.220 e. The van der Waals surface area contributed by atoms with Crippen LogP contribution in [-0.2, 0) is 14.3 Å². The van der Waals surface area contributed by atoms with Gasteiger partial charge in [-0.3, -0.25) is 4.79 Å². The molecule has 1 aliphatic rings. The van der Waals surface area contributed by atoms with E-state index in [-0.39, 0.29) is 12.5 Å². The van der Waals surface area contributed by atoms with Crippen molar-refractivity contribution in [2.75, 3.05) is 13.2 Å². The van der Waals surface area contributed by atoms with Gasteiger partial charge in [-0.2, -0.15) is 0 Å². The van der Waals surface area contributed by atoms with Gasteiger partial charge in [-0.25, -0.2) is 0 Å². The molecular formula is C58H89NO8. The Hall–Kier alpha value is -4.19. The van der Waals surface area contributed by atoms with Crippen LogP contribution in [0.25, 0.3) is 0 Å². The summed E-state index contributed by atoms with van der Waals surface area (Å²) in [7, 11) is 0. The second-order valence-electron chi connectivity index (χ2n) is 16.5. The fraction of sp³-hybridized carbons (Fsp3) is 0.534. The van der Waals surface area contributed by atoms with Gasteiger partial charge in [-0.15, -0.1) is 0 Å². The van der Waals surface area contributed by atoms with Gasteiger partial charge in [-0.05, 0) is 103 Å². The third-order valence-electron chi connectivity index (χ3n) is 10.6. The Balaban J connectivity index is 2.08. The Bertz CT molecular complexity index is 1590. The lowest BCUT2D eigenvalue weighted by Crippen LogP contribution is -2.60. The molecule has 0 radical (unpaired) electrons. The number of nitrogens with one attached hydrogen (secondary N) is 1. The maximum absolute atomic E-state index is 12.8. The molecule has 7 unspecified atom stereocenters. The molecule has 1 fully saturated rings. The summed E-state index contributed by atoms with van der Waals surface area (Å²) in [6, 6.07) is -0.825. The molecule has 0 spiro atoms. The van der Waals surface area contributed by atoms with E-state index < -0.39 is 49.5 Å². The second-order valence-corrected chi connectivity index (χ2v) is 16.5. The third kappa shape index (κ3) is 35.6. The zero-order valence-electron chi connectivity index (χ0n) is 41.1. The monoisotopic (exact) mass is 928 g/mol. The molecule has 0 saturated carbocycles. The Morgan fingerprint density at radius 2 is 0.925 bits per heavy atom. The Labute approximate surface area is 405 Å². The molecule has 0 aromatic rings. The fourth-order valence-electron chi connectivity index (χ4n) is 6.61. The molecule has 0 aliphatic carbocycles. The number of allylic oxidation sites excluding steroid dienone is 25. The number of aliphatic hydroxyl groups excluding tert-OH is 5. The first kappa shape index (κ1) is 60.8. The number of hydrogen-bond donors (Lipinski definition) is 6. The van der Waals surface area contributed by atoms with Crippen molar-refractivity contribution in [3.63, 3.8) is 0 Å². The van der Waals surface area contributed by atoms with Gasteiger partial charge in [0.15, 0.2) is 6.29 Å². The van der Waals surface area contributed by atoms with Crippen LogP contribution in [0.4, 0.5) is 0 Å². The van der Waals surface area contributed by atoms with E-state index in [1.807, 2.05) is 13.0 Å². The summed E-state index contributed by atoms with van der Waals surface area (Å²) in [5, 5.41) is 53.4. The van der Waals surface area contributed by atoms with E-state index in [1.165, 1.54) is 0 Å². The minimum Gasteiger partial charge on any atom is -0.394 e. The molecule has 6 N–H and O–H groups in total. The normalized spacial score (nSPS) is 21.1. The second kappa shape index (κ2) is 45.6. The van der Waals surface area contributed by atoms with Crippen molar-refractivity contribution < 1.29 is 39.8 Å². The number of rotatable bonds is 39. The van der Waals surface area contributed by atoms with E-state index in [0.717, 1.165) is 116 Å². The highest BCUT2D eigenvalue weighted by Crippen LogP contribution is 2.22. The number of unbranched alkanes of at least 4 members (excludes halogenated alkanes) is 5. The smallest absolute Gasteiger partial charge is 0.220 e. The maximum atomic E-state index is 12.8. The topological polar surface area (TPSA) is 149 Å². The fourth-order valence-corrected chi connectivity index (χ4v) is 6.61. The summed E-state index contributed by atoms with van der Waals surface area (Å²) < 4.78 is 11.0. The number of aliphatic hydroxyl groups is 5. The van der Waals surface area contributed by atoms with Crippen LogP contribution in [-0.4, -0.2) is 87.5 Å². The number of hydrogen-bond acceptors (Lipinski definition) is 8. The van der Waals surface area contributed by atoms with Crippen molar-refractivity contribution in [2.45, 2.75) is 185 Å². The highest BCUT2D eigenvalue weighted by atomic mass is 16.7. The molecule has 1 aliphatic heterocycles. The summed E-state index contributed by atoms with van der Waals surface area (Å²) in [6.07, 6.45) is 67.0. The van der Waals surface area contributed by atoms with E-state index in [9.17, 15) is 30.3 Å². The molecule has 67 heavy (non-hydrogen) atoms. The van der Waals surface area contributed by atoms with Crippen LogP contribution in [0.2, 0.25) is 0 Å². The largest absolute Gasteiger partial charge is 0.394 e. The Morgan fingerprint density at radius 1 is 0.522 bits per heavy atom. The minimum atomic E-state index is -1.58. The molecule has 1 saturated heterocycles. The Kier molecular flexibility index (Phi) is 41.4. The highest BCUT2D eigenvalue weighted by Gasteiger charge is 2.44. The molecule has 374 valence electrons. The van der Waals surface area contributed by atoms with Crippen LogP contribution in [0.5, 0.6) is 0 Å². The van der Waals surface area contributed by atoms with Gasteiger partial charge < -0.3 is 40.3 Å². The average Bonchev–Trinajstić information content (AvgIpc) is 3.33. The van der Waals surface area contributed by atoms with Crippen molar-refractivity contribution in [3.05, 3.63) is 158 Å². The molecule has 7 atom stereocenters. The predicted molar refractivity (Wildman–Crippen MR) is 280 cm³/mol. The van der Waals surface area contributed by atoms with E-state index in [1.54, 1.807) is 6.08 Å². The molecule has 9 nitrogen and oxygen atoms in total. The summed E-state index contributed by atoms with van der Waals surface area (Å²) in [5.41, 5.74) is 0. The first-order chi connectivity index (χ1) is 32.8. The van der Waals surface area contributed by atoms with Gasteiger partial charge in [0.05, 0.1) is 25.4 Å². The van der Waals surface area contributed by atoms with Crippen LogP contribution in [0.15, 0.2) is 158 Å². The first-order valence-corrected chi connectivity index (χ1v) is 25.2. The van der Waals surface area contributed by atoms with Crippen LogP contribution < -0.4 is 5.32 Å².